The third-order valence-electron chi connectivity index (χ3n) is 6.15. The van der Waals surface area contributed by atoms with E-state index in [0.29, 0.717) is 17.8 Å². The number of imide groups is 1. The summed E-state index contributed by atoms with van der Waals surface area (Å²) < 4.78 is 10.7. The number of methoxy groups -OCH3 is 2. The molecule has 0 unspecified atom stereocenters. The maximum atomic E-state index is 12.8. The molecule has 0 atom stereocenters. The highest BCUT2D eigenvalue weighted by Gasteiger charge is 2.38. The number of fused-ring (bicyclic) bond motifs is 1. The highest BCUT2D eigenvalue weighted by Crippen LogP contribution is 2.31. The highest BCUT2D eigenvalue weighted by molar-refractivity contribution is 6.22. The first-order chi connectivity index (χ1) is 15.5. The minimum Gasteiger partial charge on any atom is -0.495 e. The Bertz CT molecular complexity index is 1000. The summed E-state index contributed by atoms with van der Waals surface area (Å²) in [7, 11) is 3.17. The molecule has 1 aromatic carbocycles. The van der Waals surface area contributed by atoms with E-state index in [9.17, 15) is 9.59 Å². The molecule has 8 nitrogen and oxygen atoms in total. The van der Waals surface area contributed by atoms with Gasteiger partial charge in [-0.15, -0.1) is 0 Å². The van der Waals surface area contributed by atoms with Crippen molar-refractivity contribution in [2.45, 2.75) is 19.8 Å². The second kappa shape index (κ2) is 9.56. The Morgan fingerprint density at radius 2 is 1.66 bits per heavy atom. The number of anilines is 1. The fourth-order valence-corrected chi connectivity index (χ4v) is 4.45. The zero-order valence-corrected chi connectivity index (χ0v) is 19.0. The van der Waals surface area contributed by atoms with Gasteiger partial charge in [-0.1, -0.05) is 12.1 Å². The number of nitrogens with zero attached hydrogens (tertiary/aromatic N) is 4. The van der Waals surface area contributed by atoms with Gasteiger partial charge in [0.25, 0.3) is 11.8 Å². The zero-order valence-electron chi connectivity index (χ0n) is 19.0. The van der Waals surface area contributed by atoms with Crippen molar-refractivity contribution in [2.75, 3.05) is 58.4 Å². The number of ether oxygens (including phenoxy) is 2. The van der Waals surface area contributed by atoms with Crippen molar-refractivity contribution < 1.29 is 19.1 Å². The van der Waals surface area contributed by atoms with Crippen molar-refractivity contribution in [1.82, 2.24) is 14.8 Å². The topological polar surface area (TPSA) is 75.2 Å². The molecule has 2 aromatic rings. The van der Waals surface area contributed by atoms with E-state index in [0.717, 1.165) is 57.0 Å². The van der Waals surface area contributed by atoms with Crippen LogP contribution in [0.1, 0.15) is 39.3 Å². The van der Waals surface area contributed by atoms with Crippen molar-refractivity contribution in [3.05, 3.63) is 47.2 Å². The molecule has 3 heterocycles. The summed E-state index contributed by atoms with van der Waals surface area (Å²) >= 11 is 0. The van der Waals surface area contributed by atoms with Gasteiger partial charge in [-0.3, -0.25) is 19.4 Å². The minimum absolute atomic E-state index is 0.230. The average Bonchev–Trinajstić information content (AvgIpc) is 3.06. The SMILES string of the molecule is COc1ccccc1N1CCN(CCCCN2C(=O)c3cc(C)nc(OC)c3C2=O)CC1. The first-order valence-corrected chi connectivity index (χ1v) is 11.1. The first kappa shape index (κ1) is 22.1. The number of para-hydroxylation sites is 2. The fraction of sp³-hybridized carbons (Fsp3) is 0.458. The number of amides is 2. The summed E-state index contributed by atoms with van der Waals surface area (Å²) in [4.78, 5) is 35.9. The number of piperazine rings is 1. The van der Waals surface area contributed by atoms with Gasteiger partial charge < -0.3 is 14.4 Å². The number of carbonyl (C=O) groups excluding carboxylic acids is 2. The largest absolute Gasteiger partial charge is 0.495 e. The normalized spacial score (nSPS) is 16.5. The lowest BCUT2D eigenvalue weighted by atomic mass is 10.1. The van der Waals surface area contributed by atoms with Gasteiger partial charge >= 0.3 is 0 Å². The standard InChI is InChI=1S/C24H30N4O4/c1-17-16-18-21(22(25-17)32-3)24(30)28(23(18)29)11-7-6-10-26-12-14-27(15-13-26)19-8-4-5-9-20(19)31-2/h4-5,8-9,16H,6-7,10-15H2,1-3H3. The molecule has 0 N–H and O–H groups in total. The highest BCUT2D eigenvalue weighted by atomic mass is 16.5. The van der Waals surface area contributed by atoms with E-state index in [1.54, 1.807) is 20.1 Å². The Balaban J connectivity index is 1.25. The molecule has 2 aliphatic rings. The molecule has 8 heteroatoms. The van der Waals surface area contributed by atoms with E-state index < -0.39 is 0 Å². The Kier molecular flexibility index (Phi) is 6.60. The molecule has 4 rings (SSSR count). The van der Waals surface area contributed by atoms with Crippen LogP contribution in [-0.4, -0.2) is 80.1 Å². The predicted molar refractivity (Wildman–Crippen MR) is 122 cm³/mol. The lowest BCUT2D eigenvalue weighted by Crippen LogP contribution is -2.46. The maximum Gasteiger partial charge on any atom is 0.267 e. The van der Waals surface area contributed by atoms with E-state index in [1.807, 2.05) is 18.2 Å². The van der Waals surface area contributed by atoms with Crippen molar-refractivity contribution in [2.24, 2.45) is 0 Å². The molecule has 0 spiro atoms. The van der Waals surface area contributed by atoms with Crippen molar-refractivity contribution in [1.29, 1.82) is 0 Å². The van der Waals surface area contributed by atoms with Gasteiger partial charge in [-0.25, -0.2) is 4.98 Å². The van der Waals surface area contributed by atoms with Crippen molar-refractivity contribution in [3.63, 3.8) is 0 Å². The van der Waals surface area contributed by atoms with E-state index >= 15 is 0 Å². The van der Waals surface area contributed by atoms with Crippen LogP contribution in [0.4, 0.5) is 5.69 Å². The molecule has 1 fully saturated rings. The number of benzene rings is 1. The monoisotopic (exact) mass is 438 g/mol. The number of rotatable bonds is 8. The summed E-state index contributed by atoms with van der Waals surface area (Å²) in [6.07, 6.45) is 1.70. The lowest BCUT2D eigenvalue weighted by molar-refractivity contribution is 0.0649. The molecule has 0 aliphatic carbocycles. The number of hydrogen-bond acceptors (Lipinski definition) is 7. The Morgan fingerprint density at radius 1 is 0.938 bits per heavy atom. The number of aryl methyl sites for hydroxylation is 1. The van der Waals surface area contributed by atoms with Crippen LogP contribution >= 0.6 is 0 Å². The fourth-order valence-electron chi connectivity index (χ4n) is 4.45. The number of pyridine rings is 1. The molecule has 1 aromatic heterocycles. The second-order valence-electron chi connectivity index (χ2n) is 8.17. The van der Waals surface area contributed by atoms with Crippen LogP contribution < -0.4 is 14.4 Å². The molecule has 0 bridgehead atoms. The van der Waals surface area contributed by atoms with E-state index in [4.69, 9.17) is 9.47 Å². The Labute approximate surface area is 188 Å². The molecule has 2 amide bonds. The molecule has 0 saturated carbocycles. The van der Waals surface area contributed by atoms with E-state index in [-0.39, 0.29) is 23.3 Å². The first-order valence-electron chi connectivity index (χ1n) is 11.1. The summed E-state index contributed by atoms with van der Waals surface area (Å²) in [5, 5.41) is 0. The molecule has 0 radical (unpaired) electrons. The van der Waals surface area contributed by atoms with Crippen molar-refractivity contribution in [3.8, 4) is 11.6 Å². The van der Waals surface area contributed by atoms with Gasteiger partial charge in [0.2, 0.25) is 5.88 Å². The molecule has 2 aliphatic heterocycles. The van der Waals surface area contributed by atoms with Gasteiger partial charge in [-0.2, -0.15) is 0 Å². The molecule has 1 saturated heterocycles. The summed E-state index contributed by atoms with van der Waals surface area (Å²) in [5.74, 6) is 0.580. The van der Waals surface area contributed by atoms with Crippen LogP contribution in [0.3, 0.4) is 0 Å². The Hall–Kier alpha value is -3.13. The van der Waals surface area contributed by atoms with Gasteiger partial charge in [0.1, 0.15) is 11.3 Å². The number of aromatic nitrogens is 1. The Morgan fingerprint density at radius 3 is 2.38 bits per heavy atom. The van der Waals surface area contributed by atoms with Crippen LogP contribution in [0.5, 0.6) is 11.6 Å². The van der Waals surface area contributed by atoms with Crippen LogP contribution in [-0.2, 0) is 0 Å². The smallest absolute Gasteiger partial charge is 0.267 e. The predicted octanol–water partition coefficient (Wildman–Crippen LogP) is 2.61. The lowest BCUT2D eigenvalue weighted by Gasteiger charge is -2.36. The third-order valence-corrected chi connectivity index (χ3v) is 6.15. The van der Waals surface area contributed by atoms with Gasteiger partial charge in [0.05, 0.1) is 25.5 Å². The average molecular weight is 439 g/mol. The van der Waals surface area contributed by atoms with Crippen LogP contribution in [0, 0.1) is 6.92 Å². The van der Waals surface area contributed by atoms with Crippen molar-refractivity contribution >= 4 is 17.5 Å². The van der Waals surface area contributed by atoms with Gasteiger partial charge in [-0.05, 0) is 44.5 Å². The molecular weight excluding hydrogens is 408 g/mol. The molecule has 170 valence electrons. The number of hydrogen-bond donors (Lipinski definition) is 0. The maximum absolute atomic E-state index is 12.8. The van der Waals surface area contributed by atoms with Crippen LogP contribution in [0.25, 0.3) is 0 Å². The quantitative estimate of drug-likeness (QED) is 0.463. The molecule has 32 heavy (non-hydrogen) atoms. The minimum atomic E-state index is -0.306. The molecular formula is C24H30N4O4. The third kappa shape index (κ3) is 4.27. The van der Waals surface area contributed by atoms with Crippen LogP contribution in [0.2, 0.25) is 0 Å². The van der Waals surface area contributed by atoms with E-state index in [1.165, 1.54) is 12.0 Å². The summed E-state index contributed by atoms with van der Waals surface area (Å²) in [6.45, 7) is 7.01. The second-order valence-corrected chi connectivity index (χ2v) is 8.17. The zero-order chi connectivity index (χ0) is 22.7. The summed E-state index contributed by atoms with van der Waals surface area (Å²) in [6, 6.07) is 9.78. The number of carbonyl (C=O) groups is 2. The van der Waals surface area contributed by atoms with Gasteiger partial charge in [0.15, 0.2) is 0 Å². The van der Waals surface area contributed by atoms with E-state index in [2.05, 4.69) is 20.9 Å². The van der Waals surface area contributed by atoms with Gasteiger partial charge in [0, 0.05) is 38.4 Å². The number of unbranched alkanes of at least 4 members (excludes halogenated alkanes) is 1. The van der Waals surface area contributed by atoms with Crippen LogP contribution in [0.15, 0.2) is 30.3 Å². The summed E-state index contributed by atoms with van der Waals surface area (Å²) in [5.41, 5.74) is 2.48.